The van der Waals surface area contributed by atoms with E-state index in [1.54, 1.807) is 0 Å². The van der Waals surface area contributed by atoms with Crippen molar-refractivity contribution in [3.63, 3.8) is 0 Å². The first kappa shape index (κ1) is 14.6. The first-order valence-corrected chi connectivity index (χ1v) is 5.59. The van der Waals surface area contributed by atoms with Gasteiger partial charge in [-0.2, -0.15) is 0 Å². The van der Waals surface area contributed by atoms with E-state index < -0.39 is 11.8 Å². The highest BCUT2D eigenvalue weighted by molar-refractivity contribution is 5.96. The molecule has 1 heterocycles. The van der Waals surface area contributed by atoms with Crippen LogP contribution in [0.4, 0.5) is 0 Å². The van der Waals surface area contributed by atoms with Crippen LogP contribution in [0, 0.1) is 0 Å². The van der Waals surface area contributed by atoms with Gasteiger partial charge >= 0.3 is 0 Å². The third-order valence-corrected chi connectivity index (χ3v) is 1.82. The zero-order valence-electron chi connectivity index (χ0n) is 10.2. The Bertz CT molecular complexity index is 269. The number of hydrogen-bond acceptors (Lipinski definition) is 3. The Labute approximate surface area is 97.7 Å². The summed E-state index contributed by atoms with van der Waals surface area (Å²) >= 11 is 0. The predicted molar refractivity (Wildman–Crippen MR) is 62.7 cm³/mol. The van der Waals surface area contributed by atoms with Gasteiger partial charge < -0.3 is 4.90 Å². The average molecular weight is 230 g/mol. The van der Waals surface area contributed by atoms with E-state index in [0.717, 1.165) is 6.42 Å². The largest absolute Gasteiger partial charge is 0.333 e. The second-order valence-corrected chi connectivity index (χ2v) is 3.73. The summed E-state index contributed by atoms with van der Waals surface area (Å²) in [6.07, 6.45) is 2.56. The molecule has 5 heteroatoms. The maximum absolute atomic E-state index is 11.1. The third kappa shape index (κ3) is 6.16. The van der Waals surface area contributed by atoms with Crippen LogP contribution in [0.25, 0.3) is 0 Å². The van der Waals surface area contributed by atoms with Gasteiger partial charge in [-0.05, 0) is 6.42 Å². The molecule has 5 nitrogen and oxygen atoms in total. The first-order chi connectivity index (χ1) is 7.51. The Hall–Kier alpha value is -1.39. The maximum Gasteiger partial charge on any atom is 0.246 e. The number of hydrogen-bond donors (Lipinski definition) is 1. The Kier molecular flexibility index (Phi) is 7.16. The quantitative estimate of drug-likeness (QED) is 0.767. The number of likely N-dealkylation sites (tertiary alicyclic amines) is 1. The molecule has 0 aromatic rings. The van der Waals surface area contributed by atoms with Crippen LogP contribution in [0.3, 0.4) is 0 Å². The molecule has 1 aliphatic heterocycles. The molecule has 1 fully saturated rings. The van der Waals surface area contributed by atoms with Crippen molar-refractivity contribution in [3.8, 4) is 0 Å². The van der Waals surface area contributed by atoms with Crippen LogP contribution in [0.1, 0.15) is 41.5 Å². The van der Waals surface area contributed by atoms with Gasteiger partial charge in [-0.3, -0.25) is 19.7 Å². The minimum atomic E-state index is -0.414. The van der Waals surface area contributed by atoms with Crippen LogP contribution in [0.15, 0.2) is 0 Å². The number of nitrogens with one attached hydrogen (secondary N) is 1. The SMILES string of the molecule is CC(=O)NC(=O)CN1CCCC1=O.CCC.[HH]. The van der Waals surface area contributed by atoms with E-state index in [1.165, 1.54) is 18.2 Å². The lowest BCUT2D eigenvalue weighted by atomic mass is 10.4. The lowest BCUT2D eigenvalue weighted by Crippen LogP contribution is -2.39. The highest BCUT2D eigenvalue weighted by Crippen LogP contribution is 2.08. The van der Waals surface area contributed by atoms with E-state index in [2.05, 4.69) is 19.2 Å². The molecule has 1 N–H and O–H groups in total. The van der Waals surface area contributed by atoms with Crippen molar-refractivity contribution in [2.24, 2.45) is 0 Å². The summed E-state index contributed by atoms with van der Waals surface area (Å²) < 4.78 is 0. The van der Waals surface area contributed by atoms with Crippen molar-refractivity contribution in [2.75, 3.05) is 13.1 Å². The van der Waals surface area contributed by atoms with Crippen LogP contribution in [-0.4, -0.2) is 35.7 Å². The van der Waals surface area contributed by atoms with Crippen molar-refractivity contribution in [2.45, 2.75) is 40.0 Å². The summed E-state index contributed by atoms with van der Waals surface area (Å²) in [4.78, 5) is 34.0. The Morgan fingerprint density at radius 3 is 2.38 bits per heavy atom. The molecule has 1 aliphatic rings. The van der Waals surface area contributed by atoms with Crippen LogP contribution < -0.4 is 5.32 Å². The van der Waals surface area contributed by atoms with E-state index in [0.29, 0.717) is 13.0 Å². The van der Waals surface area contributed by atoms with Gasteiger partial charge in [0.1, 0.15) is 0 Å². The van der Waals surface area contributed by atoms with Gasteiger partial charge in [-0.25, -0.2) is 0 Å². The number of imide groups is 1. The molecule has 0 aromatic carbocycles. The molecule has 94 valence electrons. The van der Waals surface area contributed by atoms with E-state index in [4.69, 9.17) is 0 Å². The first-order valence-electron chi connectivity index (χ1n) is 5.59. The summed E-state index contributed by atoms with van der Waals surface area (Å²) in [7, 11) is 0. The summed E-state index contributed by atoms with van der Waals surface area (Å²) in [5, 5.41) is 2.12. The second kappa shape index (κ2) is 7.84. The zero-order valence-corrected chi connectivity index (χ0v) is 10.2. The standard InChI is InChI=1S/C8H12N2O3.C3H8.H2/c1-6(11)9-7(12)5-10-4-2-3-8(10)13;1-3-2;/h2-5H2,1H3,(H,9,11,12);3H2,1-2H3;1H. The maximum atomic E-state index is 11.1. The van der Waals surface area contributed by atoms with Crippen LogP contribution in [0.2, 0.25) is 0 Å². The lowest BCUT2D eigenvalue weighted by Gasteiger charge is -2.13. The molecular weight excluding hydrogens is 208 g/mol. The number of nitrogens with zero attached hydrogens (tertiary/aromatic N) is 1. The number of rotatable bonds is 2. The summed E-state index contributed by atoms with van der Waals surface area (Å²) in [6, 6.07) is 0. The third-order valence-electron chi connectivity index (χ3n) is 1.82. The van der Waals surface area contributed by atoms with Crippen molar-refractivity contribution in [1.82, 2.24) is 10.2 Å². The fourth-order valence-electron chi connectivity index (χ4n) is 1.28. The van der Waals surface area contributed by atoms with E-state index in [-0.39, 0.29) is 13.9 Å². The molecule has 0 atom stereocenters. The Morgan fingerprint density at radius 1 is 1.44 bits per heavy atom. The van der Waals surface area contributed by atoms with E-state index >= 15 is 0 Å². The summed E-state index contributed by atoms with van der Waals surface area (Å²) in [5.41, 5.74) is 0. The molecule has 0 bridgehead atoms. The van der Waals surface area contributed by atoms with Crippen molar-refractivity contribution in [3.05, 3.63) is 0 Å². The second-order valence-electron chi connectivity index (χ2n) is 3.73. The van der Waals surface area contributed by atoms with Crippen LogP contribution in [-0.2, 0) is 14.4 Å². The fourth-order valence-corrected chi connectivity index (χ4v) is 1.28. The van der Waals surface area contributed by atoms with Crippen molar-refractivity contribution in [1.29, 1.82) is 0 Å². The van der Waals surface area contributed by atoms with Gasteiger partial charge in [0.15, 0.2) is 0 Å². The van der Waals surface area contributed by atoms with E-state index in [1.807, 2.05) is 0 Å². The Morgan fingerprint density at radius 2 is 2.00 bits per heavy atom. The summed E-state index contributed by atoms with van der Waals surface area (Å²) in [5.74, 6) is -0.821. The molecule has 1 rings (SSSR count). The lowest BCUT2D eigenvalue weighted by molar-refractivity contribution is -0.135. The van der Waals surface area contributed by atoms with Gasteiger partial charge in [0.05, 0.1) is 6.54 Å². The minimum absolute atomic E-state index is 0. The molecule has 16 heavy (non-hydrogen) atoms. The number of carbonyl (C=O) groups excluding carboxylic acids is 3. The molecule has 0 aromatic heterocycles. The molecular formula is C11H22N2O3. The zero-order chi connectivity index (χ0) is 12.6. The highest BCUT2D eigenvalue weighted by atomic mass is 16.2. The molecule has 0 saturated carbocycles. The van der Waals surface area contributed by atoms with Gasteiger partial charge in [0, 0.05) is 21.3 Å². The van der Waals surface area contributed by atoms with Crippen molar-refractivity contribution < 1.29 is 15.8 Å². The average Bonchev–Trinajstić information content (AvgIpc) is 2.51. The molecule has 0 unspecified atom stereocenters. The monoisotopic (exact) mass is 230 g/mol. The smallest absolute Gasteiger partial charge is 0.246 e. The van der Waals surface area contributed by atoms with Crippen LogP contribution >= 0.6 is 0 Å². The molecule has 0 spiro atoms. The van der Waals surface area contributed by atoms with Gasteiger partial charge in [0.2, 0.25) is 17.7 Å². The predicted octanol–water partition coefficient (Wildman–Crippen LogP) is 0.934. The summed E-state index contributed by atoms with van der Waals surface area (Å²) in [6.45, 7) is 6.13. The number of amides is 3. The molecule has 1 saturated heterocycles. The number of carbonyl (C=O) groups is 3. The van der Waals surface area contributed by atoms with Gasteiger partial charge in [0.25, 0.3) is 0 Å². The van der Waals surface area contributed by atoms with E-state index in [9.17, 15) is 14.4 Å². The van der Waals surface area contributed by atoms with Gasteiger partial charge in [-0.15, -0.1) is 0 Å². The Balaban J connectivity index is 0. The highest BCUT2D eigenvalue weighted by Gasteiger charge is 2.22. The molecule has 0 aliphatic carbocycles. The van der Waals surface area contributed by atoms with Crippen molar-refractivity contribution >= 4 is 17.7 Å². The minimum Gasteiger partial charge on any atom is -0.333 e. The fraction of sp³-hybridized carbons (Fsp3) is 0.727. The van der Waals surface area contributed by atoms with Crippen LogP contribution in [0.5, 0.6) is 0 Å². The molecule has 3 amide bonds. The molecule has 0 radical (unpaired) electrons. The topological polar surface area (TPSA) is 66.5 Å². The van der Waals surface area contributed by atoms with Gasteiger partial charge in [-0.1, -0.05) is 20.3 Å². The normalized spacial score (nSPS) is 14.2.